The molecule has 1 heterocycles. The number of benzene rings is 2. The Morgan fingerprint density at radius 1 is 1.00 bits per heavy atom. The van der Waals surface area contributed by atoms with Crippen LogP contribution in [-0.2, 0) is 9.59 Å². The molecule has 2 saturated carbocycles. The zero-order chi connectivity index (χ0) is 21.4. The first-order chi connectivity index (χ1) is 15.0. The van der Waals surface area contributed by atoms with Crippen molar-refractivity contribution in [1.29, 1.82) is 0 Å². The number of anilines is 2. The van der Waals surface area contributed by atoms with Gasteiger partial charge in [0.2, 0.25) is 11.8 Å². The Balaban J connectivity index is 1.35. The minimum absolute atomic E-state index is 0.150. The molecule has 0 radical (unpaired) electrons. The number of carbonyl (C=O) groups excluding carboxylic acids is 3. The zero-order valence-corrected chi connectivity index (χ0v) is 17.7. The van der Waals surface area contributed by atoms with Crippen LogP contribution in [0.3, 0.4) is 0 Å². The van der Waals surface area contributed by atoms with Crippen molar-refractivity contribution in [1.82, 2.24) is 0 Å². The summed E-state index contributed by atoms with van der Waals surface area (Å²) in [6.07, 6.45) is 5.41. The van der Waals surface area contributed by atoms with Crippen LogP contribution in [0.4, 0.5) is 11.4 Å². The van der Waals surface area contributed by atoms with Crippen molar-refractivity contribution in [3.05, 3.63) is 70.8 Å². The fourth-order valence-electron chi connectivity index (χ4n) is 5.97. The van der Waals surface area contributed by atoms with E-state index >= 15 is 0 Å². The summed E-state index contributed by atoms with van der Waals surface area (Å²) in [6.45, 7) is 1.88. The lowest BCUT2D eigenvalue weighted by Crippen LogP contribution is -2.40. The molecule has 2 aromatic carbocycles. The SMILES string of the molecule is Cc1ccc(Cl)cc1NC(=O)c1ccccc1N1C(=O)[C@@H]2[C@@H]3C=C[C@H]([C@H]4C[C@@H]34)[C@@H]2C1=O. The van der Waals surface area contributed by atoms with Gasteiger partial charge in [0, 0.05) is 10.7 Å². The average molecular weight is 433 g/mol. The maximum atomic E-state index is 13.5. The maximum absolute atomic E-state index is 13.5. The lowest BCUT2D eigenvalue weighted by Gasteiger charge is -2.37. The first kappa shape index (κ1) is 18.8. The van der Waals surface area contributed by atoms with Gasteiger partial charge in [-0.05, 0) is 66.8 Å². The van der Waals surface area contributed by atoms with Gasteiger partial charge in [-0.2, -0.15) is 0 Å². The average Bonchev–Trinajstić information content (AvgIpc) is 3.54. The summed E-state index contributed by atoms with van der Waals surface area (Å²) >= 11 is 6.08. The molecule has 0 aromatic heterocycles. The fraction of sp³-hybridized carbons (Fsp3) is 0.320. The Bertz CT molecular complexity index is 1150. The second-order valence-corrected chi connectivity index (χ2v) is 9.53. The largest absolute Gasteiger partial charge is 0.322 e. The number of rotatable bonds is 3. The van der Waals surface area contributed by atoms with E-state index in [0.717, 1.165) is 12.0 Å². The number of amides is 3. The summed E-state index contributed by atoms with van der Waals surface area (Å²) in [5.74, 6) is 0.0796. The molecule has 4 aliphatic carbocycles. The van der Waals surface area contributed by atoms with Crippen LogP contribution in [0.2, 0.25) is 5.02 Å². The smallest absolute Gasteiger partial charge is 0.257 e. The van der Waals surface area contributed by atoms with Crippen LogP contribution in [0.25, 0.3) is 0 Å². The Hall–Kier alpha value is -2.92. The summed E-state index contributed by atoms with van der Waals surface area (Å²) in [5, 5.41) is 3.40. The Kier molecular flexibility index (Phi) is 3.97. The molecule has 1 saturated heterocycles. The van der Waals surface area contributed by atoms with Crippen molar-refractivity contribution >= 4 is 40.7 Å². The third-order valence-corrected chi connectivity index (χ3v) is 7.74. The van der Waals surface area contributed by atoms with Gasteiger partial charge in [-0.25, -0.2) is 4.90 Å². The highest BCUT2D eigenvalue weighted by molar-refractivity contribution is 6.31. The minimum atomic E-state index is -0.375. The van der Waals surface area contributed by atoms with Gasteiger partial charge < -0.3 is 5.32 Å². The topological polar surface area (TPSA) is 66.5 Å². The number of nitrogens with zero attached hydrogens (tertiary/aromatic N) is 1. The van der Waals surface area contributed by atoms with Crippen molar-refractivity contribution in [3.63, 3.8) is 0 Å². The molecule has 3 amide bonds. The number of carbonyl (C=O) groups is 3. The van der Waals surface area contributed by atoms with Crippen molar-refractivity contribution in [2.24, 2.45) is 35.5 Å². The number of hydrogen-bond acceptors (Lipinski definition) is 3. The van der Waals surface area contributed by atoms with Crippen LogP contribution >= 0.6 is 11.6 Å². The third kappa shape index (κ3) is 2.66. The first-order valence-electron chi connectivity index (χ1n) is 10.7. The summed E-state index contributed by atoms with van der Waals surface area (Å²) in [5.41, 5.74) is 2.13. The van der Waals surface area contributed by atoms with Crippen molar-refractivity contribution < 1.29 is 14.4 Å². The highest BCUT2D eigenvalue weighted by Crippen LogP contribution is 2.65. The van der Waals surface area contributed by atoms with Crippen LogP contribution < -0.4 is 10.2 Å². The van der Waals surface area contributed by atoms with Crippen LogP contribution in [0, 0.1) is 42.4 Å². The predicted molar refractivity (Wildman–Crippen MR) is 118 cm³/mol. The summed E-state index contributed by atoms with van der Waals surface area (Å²) in [6, 6.07) is 12.1. The van der Waals surface area contributed by atoms with Gasteiger partial charge in [-0.15, -0.1) is 0 Å². The van der Waals surface area contributed by atoms with Gasteiger partial charge in [-0.1, -0.05) is 42.0 Å². The number of halogens is 1. The van der Waals surface area contributed by atoms with E-state index in [2.05, 4.69) is 17.5 Å². The van der Waals surface area contributed by atoms with Gasteiger partial charge in [0.05, 0.1) is 23.1 Å². The molecule has 3 fully saturated rings. The first-order valence-corrected chi connectivity index (χ1v) is 11.1. The highest BCUT2D eigenvalue weighted by atomic mass is 35.5. The second-order valence-electron chi connectivity index (χ2n) is 9.10. The number of para-hydroxylation sites is 1. The molecule has 0 spiro atoms. The number of aryl methyl sites for hydroxylation is 1. The van der Waals surface area contributed by atoms with Crippen molar-refractivity contribution in [2.75, 3.05) is 10.2 Å². The molecule has 6 atom stereocenters. The molecule has 2 aromatic rings. The number of allylic oxidation sites excluding steroid dienone is 2. The fourth-order valence-corrected chi connectivity index (χ4v) is 6.15. The quantitative estimate of drug-likeness (QED) is 0.575. The van der Waals surface area contributed by atoms with Gasteiger partial charge in [0.25, 0.3) is 5.91 Å². The lowest BCUT2D eigenvalue weighted by molar-refractivity contribution is -0.124. The molecule has 6 heteroatoms. The van der Waals surface area contributed by atoms with Gasteiger partial charge in [0.15, 0.2) is 0 Å². The van der Waals surface area contributed by atoms with Crippen LogP contribution in [0.15, 0.2) is 54.6 Å². The van der Waals surface area contributed by atoms with Gasteiger partial charge in [-0.3, -0.25) is 14.4 Å². The molecular formula is C25H21ClN2O3. The van der Waals surface area contributed by atoms with Gasteiger partial charge in [0.1, 0.15) is 0 Å². The molecule has 1 N–H and O–H groups in total. The second kappa shape index (κ2) is 6.54. The Morgan fingerprint density at radius 2 is 1.65 bits per heavy atom. The molecular weight excluding hydrogens is 412 g/mol. The number of hydrogen-bond donors (Lipinski definition) is 1. The molecule has 0 unspecified atom stereocenters. The molecule has 5 aliphatic rings. The maximum Gasteiger partial charge on any atom is 0.257 e. The summed E-state index contributed by atoms with van der Waals surface area (Å²) < 4.78 is 0. The van der Waals surface area contributed by atoms with E-state index in [9.17, 15) is 14.4 Å². The van der Waals surface area contributed by atoms with E-state index in [4.69, 9.17) is 11.6 Å². The van der Waals surface area contributed by atoms with Crippen molar-refractivity contribution in [2.45, 2.75) is 13.3 Å². The van der Waals surface area contributed by atoms with E-state index in [0.29, 0.717) is 33.8 Å². The zero-order valence-electron chi connectivity index (χ0n) is 16.9. The predicted octanol–water partition coefficient (Wildman–Crippen LogP) is 4.46. The molecule has 7 rings (SSSR count). The monoisotopic (exact) mass is 432 g/mol. The molecule has 31 heavy (non-hydrogen) atoms. The Morgan fingerprint density at radius 3 is 2.32 bits per heavy atom. The highest BCUT2D eigenvalue weighted by Gasteiger charge is 2.67. The van der Waals surface area contributed by atoms with E-state index < -0.39 is 0 Å². The number of imide groups is 1. The van der Waals surface area contributed by atoms with E-state index in [1.807, 2.05) is 13.0 Å². The summed E-state index contributed by atoms with van der Waals surface area (Å²) in [4.78, 5) is 41.4. The molecule has 156 valence electrons. The van der Waals surface area contributed by atoms with Crippen LogP contribution in [-0.4, -0.2) is 17.7 Å². The van der Waals surface area contributed by atoms with Gasteiger partial charge >= 0.3 is 0 Å². The minimum Gasteiger partial charge on any atom is -0.322 e. The molecule has 2 bridgehead atoms. The van der Waals surface area contributed by atoms with E-state index in [1.165, 1.54) is 4.90 Å². The van der Waals surface area contributed by atoms with Crippen molar-refractivity contribution in [3.8, 4) is 0 Å². The standard InChI is InChI=1S/C25H21ClN2O3/c1-12-6-7-13(26)10-19(12)27-23(29)16-4-2-3-5-20(16)28-24(30)21-14-8-9-15(18-11-17(14)18)22(21)25(28)31/h2-10,14-15,17-18,21-22H,11H2,1H3,(H,27,29)/t14-,15-,17-,18+,21+,22-/m1/s1. The lowest BCUT2D eigenvalue weighted by atomic mass is 9.63. The molecule has 5 nitrogen and oxygen atoms in total. The Labute approximate surface area is 185 Å². The van der Waals surface area contributed by atoms with E-state index in [1.54, 1.807) is 36.4 Å². The number of nitrogens with one attached hydrogen (secondary N) is 1. The molecule has 1 aliphatic heterocycles. The van der Waals surface area contributed by atoms with E-state index in [-0.39, 0.29) is 41.4 Å². The van der Waals surface area contributed by atoms with Crippen LogP contribution in [0.1, 0.15) is 22.3 Å². The summed E-state index contributed by atoms with van der Waals surface area (Å²) in [7, 11) is 0. The van der Waals surface area contributed by atoms with Crippen LogP contribution in [0.5, 0.6) is 0 Å². The normalized spacial score (nSPS) is 32.1. The third-order valence-electron chi connectivity index (χ3n) is 7.50.